The van der Waals surface area contributed by atoms with Gasteiger partial charge in [0.05, 0.1) is 5.02 Å². The molecule has 2 nitrogen and oxygen atoms in total. The Labute approximate surface area is 133 Å². The molecule has 0 fully saturated rings. The van der Waals surface area contributed by atoms with E-state index in [9.17, 15) is 8.78 Å². The Bertz CT molecular complexity index is 691. The molecule has 1 aliphatic heterocycles. The second-order valence-electron chi connectivity index (χ2n) is 5.06. The van der Waals surface area contributed by atoms with Crippen molar-refractivity contribution in [3.05, 3.63) is 52.6 Å². The lowest BCUT2D eigenvalue weighted by molar-refractivity contribution is 0.182. The van der Waals surface area contributed by atoms with E-state index in [1.807, 2.05) is 0 Å². The van der Waals surface area contributed by atoms with Gasteiger partial charge in [0.1, 0.15) is 23.5 Å². The summed E-state index contributed by atoms with van der Waals surface area (Å²) < 4.78 is 33.9. The van der Waals surface area contributed by atoms with Gasteiger partial charge < -0.3 is 10.5 Å². The van der Waals surface area contributed by atoms with Gasteiger partial charge >= 0.3 is 0 Å². The molecule has 0 spiro atoms. The fourth-order valence-electron chi connectivity index (χ4n) is 2.59. The summed E-state index contributed by atoms with van der Waals surface area (Å²) in [5.74, 6) is -0.498. The molecule has 0 aromatic heterocycles. The minimum Gasteiger partial charge on any atom is -0.488 e. The number of aryl methyl sites for hydroxylation is 1. The van der Waals surface area contributed by atoms with Crippen molar-refractivity contribution in [2.24, 2.45) is 5.73 Å². The van der Waals surface area contributed by atoms with E-state index in [0.29, 0.717) is 24.3 Å². The molecule has 1 aliphatic rings. The Morgan fingerprint density at radius 2 is 2.00 bits per heavy atom. The Hall–Kier alpha value is -1.65. The molecule has 22 heavy (non-hydrogen) atoms. The molecule has 0 radical (unpaired) electrons. The van der Waals surface area contributed by atoms with Crippen LogP contribution in [0.3, 0.4) is 0 Å². The first-order chi connectivity index (χ1) is 10.1. The van der Waals surface area contributed by atoms with Crippen molar-refractivity contribution < 1.29 is 13.5 Å². The summed E-state index contributed by atoms with van der Waals surface area (Å²) in [7, 11) is 0. The Balaban J connectivity index is 0.00000176. The van der Waals surface area contributed by atoms with Crippen LogP contribution in [0.5, 0.6) is 5.75 Å². The van der Waals surface area contributed by atoms with Gasteiger partial charge in [-0.1, -0.05) is 31.2 Å². The molecule has 2 aromatic rings. The van der Waals surface area contributed by atoms with Crippen molar-refractivity contribution in [1.29, 1.82) is 0 Å². The quantitative estimate of drug-likeness (QED) is 0.877. The largest absolute Gasteiger partial charge is 0.488 e. The fraction of sp³-hybridized carbons (Fsp3) is 0.294. The van der Waals surface area contributed by atoms with Crippen LogP contribution in [0.25, 0.3) is 11.1 Å². The second-order valence-corrected chi connectivity index (χ2v) is 5.46. The molecule has 3 rings (SSSR count). The maximum absolute atomic E-state index is 14.2. The molecule has 0 aliphatic carbocycles. The number of fused-ring (bicyclic) bond motifs is 1. The third kappa shape index (κ3) is 2.94. The first-order valence-electron chi connectivity index (χ1n) is 6.73. The Morgan fingerprint density at radius 1 is 1.23 bits per heavy atom. The second kappa shape index (κ2) is 6.63. The third-order valence-corrected chi connectivity index (χ3v) is 3.95. The molecular formula is C17H18ClF2NO. The van der Waals surface area contributed by atoms with Gasteiger partial charge in [0.25, 0.3) is 0 Å². The van der Waals surface area contributed by atoms with Crippen LogP contribution < -0.4 is 10.5 Å². The number of hydrogen-bond acceptors (Lipinski definition) is 2. The van der Waals surface area contributed by atoms with Gasteiger partial charge in [-0.3, -0.25) is 0 Å². The van der Waals surface area contributed by atoms with Crippen LogP contribution in [-0.4, -0.2) is 12.6 Å². The molecule has 5 heteroatoms. The van der Waals surface area contributed by atoms with Crippen molar-refractivity contribution in [2.75, 3.05) is 6.54 Å². The molecule has 0 unspecified atom stereocenters. The highest BCUT2D eigenvalue weighted by molar-refractivity contribution is 6.31. The zero-order valence-electron chi connectivity index (χ0n) is 11.2. The lowest BCUT2D eigenvalue weighted by Gasteiger charge is -2.27. The van der Waals surface area contributed by atoms with E-state index < -0.39 is 11.6 Å². The summed E-state index contributed by atoms with van der Waals surface area (Å²) in [6.45, 7) is 0.369. The van der Waals surface area contributed by atoms with Gasteiger partial charge in [0.15, 0.2) is 0 Å². The van der Waals surface area contributed by atoms with Crippen molar-refractivity contribution in [2.45, 2.75) is 26.4 Å². The number of rotatable bonds is 2. The van der Waals surface area contributed by atoms with Crippen LogP contribution >= 0.6 is 11.6 Å². The molecule has 0 bridgehead atoms. The fourth-order valence-corrected chi connectivity index (χ4v) is 2.77. The molecule has 0 amide bonds. The molecule has 0 saturated heterocycles. The lowest BCUT2D eigenvalue weighted by atomic mass is 9.95. The minimum atomic E-state index is -0.578. The molecular weight excluding hydrogens is 308 g/mol. The topological polar surface area (TPSA) is 35.2 Å². The van der Waals surface area contributed by atoms with Crippen molar-refractivity contribution in [3.8, 4) is 16.9 Å². The SMILES string of the molecule is C.NC[C@H]1CCc2cc(F)cc(-c3cccc(Cl)c3F)c2O1. The molecule has 1 atom stereocenters. The number of nitrogens with two attached hydrogens (primary N) is 1. The molecule has 2 aromatic carbocycles. The Morgan fingerprint density at radius 3 is 2.73 bits per heavy atom. The monoisotopic (exact) mass is 325 g/mol. The predicted octanol–water partition coefficient (Wildman–Crippen LogP) is 4.57. The van der Waals surface area contributed by atoms with Crippen LogP contribution in [0.4, 0.5) is 8.78 Å². The van der Waals surface area contributed by atoms with Crippen LogP contribution in [0, 0.1) is 11.6 Å². The van der Waals surface area contributed by atoms with Gasteiger partial charge in [-0.25, -0.2) is 8.78 Å². The lowest BCUT2D eigenvalue weighted by Crippen LogP contribution is -2.30. The highest BCUT2D eigenvalue weighted by Crippen LogP contribution is 2.40. The maximum Gasteiger partial charge on any atom is 0.149 e. The molecule has 1 heterocycles. The van der Waals surface area contributed by atoms with Crippen LogP contribution in [0.1, 0.15) is 19.4 Å². The summed E-state index contributed by atoms with van der Waals surface area (Å²) in [6, 6.07) is 7.34. The Kier molecular flexibility index (Phi) is 5.04. The highest BCUT2D eigenvalue weighted by atomic mass is 35.5. The summed E-state index contributed by atoms with van der Waals surface area (Å²) in [5, 5.41) is -0.00306. The number of ether oxygens (including phenoxy) is 1. The summed E-state index contributed by atoms with van der Waals surface area (Å²) in [4.78, 5) is 0. The minimum absolute atomic E-state index is 0. The standard InChI is InChI=1S/C16H14ClF2NO.CH4/c17-14-3-1-2-12(15(14)19)13-7-10(18)6-9-4-5-11(8-20)21-16(9)13;/h1-3,6-7,11H,4-5,8,20H2;1H4/t11-;/m1./s1. The first kappa shape index (κ1) is 16.7. The average molecular weight is 326 g/mol. The van der Waals surface area contributed by atoms with Crippen molar-refractivity contribution in [3.63, 3.8) is 0 Å². The van der Waals surface area contributed by atoms with E-state index in [1.54, 1.807) is 12.1 Å². The van der Waals surface area contributed by atoms with Gasteiger partial charge in [0, 0.05) is 17.7 Å². The molecule has 118 valence electrons. The first-order valence-corrected chi connectivity index (χ1v) is 7.11. The van der Waals surface area contributed by atoms with E-state index in [1.165, 1.54) is 18.2 Å². The zero-order chi connectivity index (χ0) is 15.0. The smallest absolute Gasteiger partial charge is 0.149 e. The summed E-state index contributed by atoms with van der Waals surface area (Å²) >= 11 is 5.81. The van der Waals surface area contributed by atoms with Gasteiger partial charge in [-0.05, 0) is 36.6 Å². The van der Waals surface area contributed by atoms with Gasteiger partial charge in [-0.2, -0.15) is 0 Å². The van der Waals surface area contributed by atoms with Gasteiger partial charge in [-0.15, -0.1) is 0 Å². The highest BCUT2D eigenvalue weighted by Gasteiger charge is 2.24. The van der Waals surface area contributed by atoms with Crippen molar-refractivity contribution >= 4 is 11.6 Å². The van der Waals surface area contributed by atoms with E-state index in [4.69, 9.17) is 22.1 Å². The summed E-state index contributed by atoms with van der Waals surface area (Å²) in [5.41, 5.74) is 6.98. The van der Waals surface area contributed by atoms with Crippen molar-refractivity contribution in [1.82, 2.24) is 0 Å². The zero-order valence-corrected chi connectivity index (χ0v) is 12.0. The van der Waals surface area contributed by atoms with Gasteiger partial charge in [0.2, 0.25) is 0 Å². The number of halogens is 3. The predicted molar refractivity (Wildman–Crippen MR) is 85.3 cm³/mol. The van der Waals surface area contributed by atoms with E-state index >= 15 is 0 Å². The third-order valence-electron chi connectivity index (χ3n) is 3.66. The molecule has 0 saturated carbocycles. The number of hydrogen-bond donors (Lipinski definition) is 1. The van der Waals surface area contributed by atoms with Crippen LogP contribution in [-0.2, 0) is 6.42 Å². The number of benzene rings is 2. The molecule has 2 N–H and O–H groups in total. The summed E-state index contributed by atoms with van der Waals surface area (Å²) in [6.07, 6.45) is 1.25. The van der Waals surface area contributed by atoms with E-state index in [2.05, 4.69) is 0 Å². The van der Waals surface area contributed by atoms with Crippen LogP contribution in [0.2, 0.25) is 5.02 Å². The average Bonchev–Trinajstić information content (AvgIpc) is 2.49. The van der Waals surface area contributed by atoms with E-state index in [0.717, 1.165) is 12.0 Å². The van der Waals surface area contributed by atoms with E-state index in [-0.39, 0.29) is 24.1 Å². The van der Waals surface area contributed by atoms with Crippen LogP contribution in [0.15, 0.2) is 30.3 Å². The normalized spacial score (nSPS) is 16.5. The maximum atomic E-state index is 14.2.